The van der Waals surface area contributed by atoms with Crippen LogP contribution in [0.3, 0.4) is 0 Å². The van der Waals surface area contributed by atoms with Crippen molar-refractivity contribution in [2.24, 2.45) is 10.3 Å². The van der Waals surface area contributed by atoms with Gasteiger partial charge in [-0.1, -0.05) is 22.4 Å². The van der Waals surface area contributed by atoms with Crippen molar-refractivity contribution < 1.29 is 40.4 Å². The summed E-state index contributed by atoms with van der Waals surface area (Å²) in [5.74, 6) is -1.50. The van der Waals surface area contributed by atoms with E-state index in [0.717, 1.165) is 11.1 Å². The third-order valence-electron chi connectivity index (χ3n) is 7.47. The van der Waals surface area contributed by atoms with E-state index in [1.165, 1.54) is 24.3 Å². The van der Waals surface area contributed by atoms with Crippen molar-refractivity contribution in [3.63, 3.8) is 0 Å². The zero-order valence-electron chi connectivity index (χ0n) is 25.9. The SMILES string of the molecule is O=C(NCCc1ccc(O)c(Br)c1)/C(Cc1cc(Br)c(O)c(-c2cc(C/C(=N\O)C(=O)NCCc3ccc(O)c(Br)c3)cc(Br)c2O)c1)=N\O. The van der Waals surface area contributed by atoms with Crippen molar-refractivity contribution in [3.05, 3.63) is 101 Å². The molecular weight excluding hydrogens is 912 g/mol. The molecule has 0 bridgehead atoms. The number of carbonyl (C=O) groups is 2. The van der Waals surface area contributed by atoms with Gasteiger partial charge in [-0.3, -0.25) is 9.59 Å². The molecule has 0 saturated carbocycles. The Morgan fingerprint density at radius 3 is 1.24 bits per heavy atom. The smallest absolute Gasteiger partial charge is 0.269 e. The van der Waals surface area contributed by atoms with Crippen LogP contribution in [-0.4, -0.2) is 67.2 Å². The first-order valence-electron chi connectivity index (χ1n) is 14.8. The molecule has 0 unspecified atom stereocenters. The summed E-state index contributed by atoms with van der Waals surface area (Å²) in [5.41, 5.74) is 2.54. The molecule has 0 saturated heterocycles. The first kappa shape index (κ1) is 38.7. The molecule has 4 aromatic carbocycles. The summed E-state index contributed by atoms with van der Waals surface area (Å²) in [6.07, 6.45) is 0.627. The fourth-order valence-electron chi connectivity index (χ4n) is 4.89. The quantitative estimate of drug-likeness (QED) is 0.0411. The molecule has 0 aliphatic heterocycles. The topological polar surface area (TPSA) is 204 Å². The average Bonchev–Trinajstić information content (AvgIpc) is 3.08. The van der Waals surface area contributed by atoms with Gasteiger partial charge in [0, 0.05) is 37.1 Å². The van der Waals surface area contributed by atoms with Crippen LogP contribution in [0.1, 0.15) is 22.3 Å². The summed E-state index contributed by atoms with van der Waals surface area (Å²) in [5, 5.41) is 72.4. The zero-order chi connectivity index (χ0) is 36.5. The molecule has 4 aromatic rings. The van der Waals surface area contributed by atoms with E-state index in [4.69, 9.17) is 0 Å². The van der Waals surface area contributed by atoms with Crippen LogP contribution in [0.5, 0.6) is 23.0 Å². The van der Waals surface area contributed by atoms with Gasteiger partial charge < -0.3 is 41.5 Å². The maximum Gasteiger partial charge on any atom is 0.269 e. The predicted octanol–water partition coefficient (Wildman–Crippen LogP) is 6.69. The first-order chi connectivity index (χ1) is 23.8. The summed E-state index contributed by atoms with van der Waals surface area (Å²) in [4.78, 5) is 25.7. The van der Waals surface area contributed by atoms with Crippen LogP contribution in [0.15, 0.2) is 88.9 Å². The van der Waals surface area contributed by atoms with Crippen LogP contribution >= 0.6 is 63.7 Å². The Kier molecular flexibility index (Phi) is 13.7. The normalized spacial score (nSPS) is 11.8. The van der Waals surface area contributed by atoms with E-state index in [-0.39, 0.29) is 80.4 Å². The number of amides is 2. The van der Waals surface area contributed by atoms with Gasteiger partial charge in [0.05, 0.1) is 17.9 Å². The van der Waals surface area contributed by atoms with Crippen LogP contribution in [0.4, 0.5) is 0 Å². The van der Waals surface area contributed by atoms with E-state index < -0.39 is 11.8 Å². The lowest BCUT2D eigenvalue weighted by atomic mass is 9.95. The lowest BCUT2D eigenvalue weighted by Gasteiger charge is -2.15. The molecular formula is C34H30Br4N4O8. The molecule has 12 nitrogen and oxygen atoms in total. The molecule has 0 aromatic heterocycles. The summed E-state index contributed by atoms with van der Waals surface area (Å²) >= 11 is 13.1. The van der Waals surface area contributed by atoms with Crippen molar-refractivity contribution in [3.8, 4) is 34.1 Å². The van der Waals surface area contributed by atoms with Gasteiger partial charge in [0.1, 0.15) is 34.4 Å². The van der Waals surface area contributed by atoms with Crippen LogP contribution in [0.25, 0.3) is 11.1 Å². The second kappa shape index (κ2) is 17.7. The number of nitrogens with one attached hydrogen (secondary N) is 2. The van der Waals surface area contributed by atoms with E-state index in [9.17, 15) is 40.4 Å². The molecule has 8 N–H and O–H groups in total. The van der Waals surface area contributed by atoms with Gasteiger partial charge in [-0.05, 0) is 147 Å². The Morgan fingerprint density at radius 2 is 0.900 bits per heavy atom. The summed E-state index contributed by atoms with van der Waals surface area (Å²) in [6.45, 7) is 0.448. The zero-order valence-corrected chi connectivity index (χ0v) is 32.3. The molecule has 0 fully saturated rings. The number of hydrogen-bond donors (Lipinski definition) is 8. The lowest BCUT2D eigenvalue weighted by molar-refractivity contribution is -0.115. The number of carbonyl (C=O) groups excluding carboxylic acids is 2. The van der Waals surface area contributed by atoms with E-state index in [2.05, 4.69) is 84.7 Å². The van der Waals surface area contributed by atoms with Gasteiger partial charge in [-0.25, -0.2) is 0 Å². The number of rotatable bonds is 13. The van der Waals surface area contributed by atoms with Crippen molar-refractivity contribution in [1.29, 1.82) is 0 Å². The Hall–Kier alpha value is -4.12. The van der Waals surface area contributed by atoms with E-state index in [0.29, 0.717) is 32.9 Å². The fraction of sp³-hybridized carbons (Fsp3) is 0.176. The van der Waals surface area contributed by atoms with E-state index in [1.54, 1.807) is 36.4 Å². The number of nitrogens with zero attached hydrogens (tertiary/aromatic N) is 2. The second-order valence-electron chi connectivity index (χ2n) is 11.0. The highest BCUT2D eigenvalue weighted by Gasteiger charge is 2.21. The minimum absolute atomic E-state index is 0.0959. The summed E-state index contributed by atoms with van der Waals surface area (Å²) < 4.78 is 1.52. The van der Waals surface area contributed by atoms with Crippen molar-refractivity contribution >= 4 is 87.0 Å². The molecule has 0 atom stereocenters. The molecule has 16 heteroatoms. The molecule has 262 valence electrons. The summed E-state index contributed by atoms with van der Waals surface area (Å²) in [7, 11) is 0. The minimum Gasteiger partial charge on any atom is -0.507 e. The third-order valence-corrected chi connectivity index (χ3v) is 9.95. The Bertz CT molecular complexity index is 1850. The van der Waals surface area contributed by atoms with Crippen LogP contribution in [0.2, 0.25) is 0 Å². The van der Waals surface area contributed by atoms with Crippen LogP contribution in [0, 0.1) is 0 Å². The monoisotopic (exact) mass is 938 g/mol. The Balaban J connectivity index is 1.48. The molecule has 0 radical (unpaired) electrons. The molecule has 0 aliphatic rings. The predicted molar refractivity (Wildman–Crippen MR) is 201 cm³/mol. The standard InChI is InChI=1S/C34H30Br4N4O8/c35-23-11-17(1-3-29(23)43)5-7-39-33(47)27(41-49)15-19-9-21(31(45)25(37)13-19)22-10-20(14-26(38)32(22)46)16-28(42-50)34(48)40-8-6-18-2-4-30(44)24(36)12-18/h1-4,9-14,43-46,49-50H,5-8,15-16H2,(H,39,47)(H,40,48)/b41-27-,42-28+. The van der Waals surface area contributed by atoms with E-state index in [1.807, 2.05) is 0 Å². The minimum atomic E-state index is -0.617. The van der Waals surface area contributed by atoms with Crippen LogP contribution < -0.4 is 10.6 Å². The molecule has 0 aliphatic carbocycles. The summed E-state index contributed by atoms with van der Waals surface area (Å²) in [6, 6.07) is 16.1. The highest BCUT2D eigenvalue weighted by Crippen LogP contribution is 2.44. The fourth-order valence-corrected chi connectivity index (χ4v) is 6.76. The largest absolute Gasteiger partial charge is 0.507 e. The molecule has 50 heavy (non-hydrogen) atoms. The Morgan fingerprint density at radius 1 is 0.540 bits per heavy atom. The maximum absolute atomic E-state index is 12.9. The number of phenolic OH excluding ortho intramolecular Hbond substituents is 4. The molecule has 2 amide bonds. The highest BCUT2D eigenvalue weighted by atomic mass is 79.9. The first-order valence-corrected chi connectivity index (χ1v) is 17.9. The number of benzene rings is 4. The highest BCUT2D eigenvalue weighted by molar-refractivity contribution is 9.11. The van der Waals surface area contributed by atoms with Gasteiger partial charge in [0.25, 0.3) is 11.8 Å². The number of phenols is 4. The van der Waals surface area contributed by atoms with Crippen molar-refractivity contribution in [2.45, 2.75) is 25.7 Å². The van der Waals surface area contributed by atoms with Gasteiger partial charge in [-0.15, -0.1) is 0 Å². The van der Waals surface area contributed by atoms with Gasteiger partial charge in [0.15, 0.2) is 0 Å². The average molecular weight is 942 g/mol. The van der Waals surface area contributed by atoms with E-state index >= 15 is 0 Å². The third kappa shape index (κ3) is 9.99. The van der Waals surface area contributed by atoms with Crippen LogP contribution in [-0.2, 0) is 35.3 Å². The van der Waals surface area contributed by atoms with Crippen molar-refractivity contribution in [1.82, 2.24) is 10.6 Å². The molecule has 4 rings (SSSR count). The number of aromatic hydroxyl groups is 4. The van der Waals surface area contributed by atoms with Gasteiger partial charge >= 0.3 is 0 Å². The second-order valence-corrected chi connectivity index (χ2v) is 14.4. The molecule has 0 spiro atoms. The number of halogens is 4. The van der Waals surface area contributed by atoms with Gasteiger partial charge in [-0.2, -0.15) is 0 Å². The Labute approximate surface area is 320 Å². The van der Waals surface area contributed by atoms with Crippen molar-refractivity contribution in [2.75, 3.05) is 13.1 Å². The lowest BCUT2D eigenvalue weighted by Crippen LogP contribution is -2.33. The maximum atomic E-state index is 12.9. The number of hydrogen-bond acceptors (Lipinski definition) is 10. The van der Waals surface area contributed by atoms with Gasteiger partial charge in [0.2, 0.25) is 0 Å². The molecule has 0 heterocycles. The number of oxime groups is 2.